The zero-order valence-electron chi connectivity index (χ0n) is 11.4. The third-order valence-electron chi connectivity index (χ3n) is 3.58. The zero-order valence-corrected chi connectivity index (χ0v) is 11.4. The number of nitro benzene ring substituents is 1. The number of rotatable bonds is 4. The maximum Gasteiger partial charge on any atom is 0.279 e. The number of non-ortho nitro benzene ring substituents is 1. The smallest absolute Gasteiger partial charge is 0.279 e. The van der Waals surface area contributed by atoms with E-state index in [0.29, 0.717) is 12.2 Å². The van der Waals surface area contributed by atoms with Crippen LogP contribution in [0.4, 0.5) is 11.4 Å². The second kappa shape index (κ2) is 7.00. The van der Waals surface area contributed by atoms with E-state index in [1.54, 1.807) is 12.1 Å². The highest BCUT2D eigenvalue weighted by Crippen LogP contribution is 2.15. The minimum atomic E-state index is -0.451. The van der Waals surface area contributed by atoms with Crippen LogP contribution in [0.25, 0.3) is 0 Å². The molecule has 0 unspecified atom stereocenters. The maximum atomic E-state index is 11.9. The molecule has 0 aliphatic carbocycles. The van der Waals surface area contributed by atoms with E-state index in [1.807, 2.05) is 0 Å². The van der Waals surface area contributed by atoms with Gasteiger partial charge in [0.1, 0.15) is 0 Å². The van der Waals surface area contributed by atoms with Gasteiger partial charge in [-0.25, -0.2) is 0 Å². The first-order valence-electron chi connectivity index (χ1n) is 7.03. The number of carbonyl (C=O) groups is 1. The quantitative estimate of drug-likeness (QED) is 0.637. The first-order chi connectivity index (χ1) is 9.65. The molecule has 2 rings (SSSR count). The molecule has 0 saturated carbocycles. The van der Waals surface area contributed by atoms with Gasteiger partial charge in [0.15, 0.2) is 6.54 Å². The van der Waals surface area contributed by atoms with E-state index >= 15 is 0 Å². The van der Waals surface area contributed by atoms with Gasteiger partial charge in [-0.2, -0.15) is 0 Å². The van der Waals surface area contributed by atoms with Crippen molar-refractivity contribution < 1.29 is 14.6 Å². The fourth-order valence-corrected chi connectivity index (χ4v) is 2.50. The summed E-state index contributed by atoms with van der Waals surface area (Å²) in [6.07, 6.45) is 4.88. The van der Waals surface area contributed by atoms with Gasteiger partial charge in [0.25, 0.3) is 11.6 Å². The van der Waals surface area contributed by atoms with Gasteiger partial charge in [-0.05, 0) is 37.8 Å². The molecule has 0 bridgehead atoms. The Morgan fingerprint density at radius 2 is 1.75 bits per heavy atom. The van der Waals surface area contributed by atoms with Crippen LogP contribution in [0, 0.1) is 10.1 Å². The van der Waals surface area contributed by atoms with Crippen molar-refractivity contribution in [2.24, 2.45) is 0 Å². The van der Waals surface area contributed by atoms with Gasteiger partial charge in [0.05, 0.1) is 18.0 Å². The number of hydrogen-bond donors (Lipinski definition) is 2. The van der Waals surface area contributed by atoms with Crippen molar-refractivity contribution in [3.05, 3.63) is 34.4 Å². The minimum absolute atomic E-state index is 0.0288. The van der Waals surface area contributed by atoms with E-state index in [0.717, 1.165) is 13.1 Å². The van der Waals surface area contributed by atoms with Crippen molar-refractivity contribution in [2.45, 2.75) is 25.7 Å². The highest BCUT2D eigenvalue weighted by molar-refractivity contribution is 5.91. The molecule has 1 saturated heterocycles. The molecule has 20 heavy (non-hydrogen) atoms. The van der Waals surface area contributed by atoms with Crippen LogP contribution in [0.5, 0.6) is 0 Å². The molecule has 0 spiro atoms. The molecular formula is C14H20N3O3+. The summed E-state index contributed by atoms with van der Waals surface area (Å²) in [5.74, 6) is -0.0317. The van der Waals surface area contributed by atoms with Gasteiger partial charge in [-0.15, -0.1) is 0 Å². The second-order valence-corrected chi connectivity index (χ2v) is 5.19. The van der Waals surface area contributed by atoms with E-state index in [9.17, 15) is 14.9 Å². The van der Waals surface area contributed by atoms with Gasteiger partial charge in [-0.1, -0.05) is 0 Å². The van der Waals surface area contributed by atoms with Crippen LogP contribution in [0.2, 0.25) is 0 Å². The fraction of sp³-hybridized carbons (Fsp3) is 0.500. The molecule has 1 fully saturated rings. The highest BCUT2D eigenvalue weighted by atomic mass is 16.6. The topological polar surface area (TPSA) is 76.7 Å². The molecular weight excluding hydrogens is 258 g/mol. The largest absolute Gasteiger partial charge is 0.327 e. The average Bonchev–Trinajstić information content (AvgIpc) is 2.68. The molecule has 1 heterocycles. The number of likely N-dealkylation sites (tertiary alicyclic amines) is 1. The van der Waals surface area contributed by atoms with Gasteiger partial charge >= 0.3 is 0 Å². The van der Waals surface area contributed by atoms with Gasteiger partial charge in [-0.3, -0.25) is 14.9 Å². The van der Waals surface area contributed by atoms with E-state index in [4.69, 9.17) is 0 Å². The monoisotopic (exact) mass is 278 g/mol. The van der Waals surface area contributed by atoms with E-state index < -0.39 is 4.92 Å². The third kappa shape index (κ3) is 4.31. The first kappa shape index (κ1) is 14.5. The van der Waals surface area contributed by atoms with Gasteiger partial charge in [0, 0.05) is 17.8 Å². The Balaban J connectivity index is 1.85. The molecule has 1 aromatic rings. The maximum absolute atomic E-state index is 11.9. The summed E-state index contributed by atoms with van der Waals surface area (Å²) in [6, 6.07) is 5.92. The molecule has 1 aliphatic rings. The zero-order chi connectivity index (χ0) is 14.4. The lowest BCUT2D eigenvalue weighted by molar-refractivity contribution is -0.890. The van der Waals surface area contributed by atoms with Crippen molar-refractivity contribution in [3.63, 3.8) is 0 Å². The van der Waals surface area contributed by atoms with E-state index in [-0.39, 0.29) is 11.6 Å². The predicted octanol–water partition coefficient (Wildman–Crippen LogP) is 0.992. The lowest BCUT2D eigenvalue weighted by Gasteiger charge is -2.16. The van der Waals surface area contributed by atoms with Crippen LogP contribution in [0.3, 0.4) is 0 Å². The predicted molar refractivity (Wildman–Crippen MR) is 75.8 cm³/mol. The van der Waals surface area contributed by atoms with Crippen LogP contribution in [-0.2, 0) is 4.79 Å². The Bertz CT molecular complexity index is 465. The normalized spacial score (nSPS) is 16.4. The first-order valence-corrected chi connectivity index (χ1v) is 7.03. The number of amides is 1. The van der Waals surface area contributed by atoms with Crippen LogP contribution in [0.15, 0.2) is 24.3 Å². The molecule has 6 nitrogen and oxygen atoms in total. The summed E-state index contributed by atoms with van der Waals surface area (Å²) < 4.78 is 0. The number of nitrogens with zero attached hydrogens (tertiary/aromatic N) is 1. The standard InChI is InChI=1S/C14H19N3O3/c18-14(11-16-9-3-1-2-4-10-16)15-12-5-7-13(8-6-12)17(19)20/h5-8H,1-4,9-11H2,(H,15,18)/p+1. The Morgan fingerprint density at radius 3 is 2.30 bits per heavy atom. The van der Waals surface area contributed by atoms with Crippen LogP contribution >= 0.6 is 0 Å². The molecule has 0 aromatic heterocycles. The molecule has 1 aromatic carbocycles. The molecule has 1 aliphatic heterocycles. The second-order valence-electron chi connectivity index (χ2n) is 5.19. The van der Waals surface area contributed by atoms with Crippen molar-refractivity contribution in [3.8, 4) is 0 Å². The lowest BCUT2D eigenvalue weighted by Crippen LogP contribution is -3.12. The summed E-state index contributed by atoms with van der Waals surface area (Å²) in [5.41, 5.74) is 0.635. The summed E-state index contributed by atoms with van der Waals surface area (Å²) in [7, 11) is 0. The molecule has 0 atom stereocenters. The molecule has 2 N–H and O–H groups in total. The molecule has 6 heteroatoms. The van der Waals surface area contributed by atoms with Crippen molar-refractivity contribution in [1.82, 2.24) is 0 Å². The van der Waals surface area contributed by atoms with Crippen molar-refractivity contribution in [2.75, 3.05) is 25.0 Å². The van der Waals surface area contributed by atoms with Crippen molar-refractivity contribution >= 4 is 17.3 Å². The Morgan fingerprint density at radius 1 is 1.15 bits per heavy atom. The van der Waals surface area contributed by atoms with E-state index in [2.05, 4.69) is 5.32 Å². The number of carbonyl (C=O) groups excluding carboxylic acids is 1. The number of nitro groups is 1. The van der Waals surface area contributed by atoms with Crippen LogP contribution < -0.4 is 10.2 Å². The minimum Gasteiger partial charge on any atom is -0.327 e. The number of anilines is 1. The summed E-state index contributed by atoms with van der Waals surface area (Å²) in [6.45, 7) is 2.57. The summed E-state index contributed by atoms with van der Waals surface area (Å²) in [5, 5.41) is 13.3. The van der Waals surface area contributed by atoms with Gasteiger partial charge < -0.3 is 10.2 Å². The van der Waals surface area contributed by atoms with Crippen LogP contribution in [-0.4, -0.2) is 30.5 Å². The van der Waals surface area contributed by atoms with Crippen molar-refractivity contribution in [1.29, 1.82) is 0 Å². The van der Waals surface area contributed by atoms with E-state index in [1.165, 1.54) is 42.7 Å². The summed E-state index contributed by atoms with van der Waals surface area (Å²) in [4.78, 5) is 23.4. The molecule has 1 amide bonds. The number of quaternary nitrogens is 1. The highest BCUT2D eigenvalue weighted by Gasteiger charge is 2.16. The average molecular weight is 278 g/mol. The lowest BCUT2D eigenvalue weighted by atomic mass is 10.2. The Hall–Kier alpha value is -1.95. The SMILES string of the molecule is O=C(C[NH+]1CCCCCC1)Nc1ccc([N+](=O)[O-])cc1. The fourth-order valence-electron chi connectivity index (χ4n) is 2.50. The molecule has 0 radical (unpaired) electrons. The Kier molecular flexibility index (Phi) is 5.06. The number of nitrogens with one attached hydrogen (secondary N) is 2. The number of benzene rings is 1. The Labute approximate surface area is 117 Å². The number of hydrogen-bond acceptors (Lipinski definition) is 3. The van der Waals surface area contributed by atoms with Crippen LogP contribution in [0.1, 0.15) is 25.7 Å². The summed E-state index contributed by atoms with van der Waals surface area (Å²) >= 11 is 0. The van der Waals surface area contributed by atoms with Gasteiger partial charge in [0.2, 0.25) is 0 Å². The molecule has 108 valence electrons. The third-order valence-corrected chi connectivity index (χ3v) is 3.58.